The summed E-state index contributed by atoms with van der Waals surface area (Å²) in [6, 6.07) is 5.41. The molecule has 0 spiro atoms. The van der Waals surface area contributed by atoms with Crippen LogP contribution in [0.2, 0.25) is 5.02 Å². The zero-order chi connectivity index (χ0) is 16.4. The highest BCUT2D eigenvalue weighted by Crippen LogP contribution is 2.22. The maximum absolute atomic E-state index is 12.4. The Morgan fingerprint density at radius 1 is 1.43 bits per heavy atom. The maximum atomic E-state index is 12.4. The van der Waals surface area contributed by atoms with E-state index in [-0.39, 0.29) is 12.5 Å². The summed E-state index contributed by atoms with van der Waals surface area (Å²) < 4.78 is 7.52. The van der Waals surface area contributed by atoms with Gasteiger partial charge in [-0.1, -0.05) is 11.6 Å². The van der Waals surface area contributed by atoms with Crippen molar-refractivity contribution < 1.29 is 9.53 Å². The average Bonchev–Trinajstić information content (AvgIpc) is 2.75. The van der Waals surface area contributed by atoms with Crippen molar-refractivity contribution in [2.24, 2.45) is 7.05 Å². The molecule has 1 aliphatic rings. The first kappa shape index (κ1) is 15.9. The molecule has 0 N–H and O–H groups in total. The molecule has 5 nitrogen and oxygen atoms in total. The number of nitrogens with zero attached hydrogens (tertiary/aromatic N) is 3. The number of rotatable bonds is 3. The Hall–Kier alpha value is -2.01. The van der Waals surface area contributed by atoms with Crippen molar-refractivity contribution in [1.82, 2.24) is 14.7 Å². The maximum Gasteiger partial charge on any atom is 0.260 e. The molecule has 0 aliphatic carbocycles. The summed E-state index contributed by atoms with van der Waals surface area (Å²) in [6.45, 7) is 3.30. The van der Waals surface area contributed by atoms with Crippen molar-refractivity contribution in [1.29, 1.82) is 0 Å². The number of halogens is 1. The number of aryl methyl sites for hydroxylation is 2. The Kier molecular flexibility index (Phi) is 4.57. The summed E-state index contributed by atoms with van der Waals surface area (Å²) in [7, 11) is 1.95. The Labute approximate surface area is 140 Å². The van der Waals surface area contributed by atoms with Crippen LogP contribution in [-0.4, -0.2) is 33.7 Å². The summed E-state index contributed by atoms with van der Waals surface area (Å²) in [5.74, 6) is 0.659. The summed E-state index contributed by atoms with van der Waals surface area (Å²) >= 11 is 5.99. The van der Waals surface area contributed by atoms with Gasteiger partial charge in [0.15, 0.2) is 6.61 Å². The normalized spacial score (nSPS) is 14.3. The molecule has 0 unspecified atom stereocenters. The molecule has 2 aromatic rings. The lowest BCUT2D eigenvalue weighted by Gasteiger charge is -2.20. The van der Waals surface area contributed by atoms with Crippen LogP contribution in [0.15, 0.2) is 24.4 Å². The highest BCUT2D eigenvalue weighted by molar-refractivity contribution is 6.31. The van der Waals surface area contributed by atoms with Gasteiger partial charge in [0.1, 0.15) is 5.75 Å². The van der Waals surface area contributed by atoms with Crippen LogP contribution < -0.4 is 4.74 Å². The number of amides is 1. The van der Waals surface area contributed by atoms with Gasteiger partial charge in [-0.2, -0.15) is 5.10 Å². The van der Waals surface area contributed by atoms with Crippen LogP contribution in [0.4, 0.5) is 0 Å². The summed E-state index contributed by atoms with van der Waals surface area (Å²) in [5, 5.41) is 4.97. The van der Waals surface area contributed by atoms with E-state index in [0.29, 0.717) is 17.3 Å². The molecule has 1 amide bonds. The molecule has 0 saturated carbocycles. The van der Waals surface area contributed by atoms with Gasteiger partial charge in [-0.25, -0.2) is 0 Å². The van der Waals surface area contributed by atoms with Crippen LogP contribution in [0.3, 0.4) is 0 Å². The van der Waals surface area contributed by atoms with Crippen LogP contribution >= 0.6 is 11.6 Å². The van der Waals surface area contributed by atoms with Crippen molar-refractivity contribution >= 4 is 17.5 Å². The Morgan fingerprint density at radius 2 is 2.26 bits per heavy atom. The number of benzene rings is 1. The molecule has 0 saturated heterocycles. The van der Waals surface area contributed by atoms with Crippen molar-refractivity contribution in [3.8, 4) is 5.75 Å². The lowest BCUT2D eigenvalue weighted by atomic mass is 10.2. The van der Waals surface area contributed by atoms with Gasteiger partial charge in [0.05, 0.1) is 6.20 Å². The fourth-order valence-electron chi connectivity index (χ4n) is 2.84. The minimum atomic E-state index is -0.00527. The van der Waals surface area contributed by atoms with E-state index in [1.54, 1.807) is 12.1 Å². The molecular weight excluding hydrogens is 314 g/mol. The van der Waals surface area contributed by atoms with E-state index in [9.17, 15) is 4.79 Å². The zero-order valence-electron chi connectivity index (χ0n) is 13.4. The van der Waals surface area contributed by atoms with Crippen LogP contribution in [0, 0.1) is 6.92 Å². The summed E-state index contributed by atoms with van der Waals surface area (Å²) in [5.41, 5.74) is 3.28. The molecule has 1 aromatic carbocycles. The molecule has 1 aliphatic heterocycles. The first-order valence-corrected chi connectivity index (χ1v) is 8.09. The standard InChI is InChI=1S/C17H20ClN3O2/c1-12-8-14(5-6-15(12)18)23-11-17(22)21-7-3-4-16-13(10-21)9-19-20(16)2/h5-6,8-9H,3-4,7,10-11H2,1-2H3. The number of carbonyl (C=O) groups excluding carboxylic acids is 1. The van der Waals surface area contributed by atoms with Crippen molar-refractivity contribution in [3.05, 3.63) is 46.2 Å². The van der Waals surface area contributed by atoms with Crippen molar-refractivity contribution in [2.45, 2.75) is 26.3 Å². The quantitative estimate of drug-likeness (QED) is 0.867. The van der Waals surface area contributed by atoms with Gasteiger partial charge in [-0.05, 0) is 43.5 Å². The number of hydrogen-bond acceptors (Lipinski definition) is 3. The second kappa shape index (κ2) is 6.62. The Morgan fingerprint density at radius 3 is 3.04 bits per heavy atom. The van der Waals surface area contributed by atoms with E-state index in [1.807, 2.05) is 35.8 Å². The highest BCUT2D eigenvalue weighted by atomic mass is 35.5. The Balaban J connectivity index is 1.63. The van der Waals surface area contributed by atoms with Crippen LogP contribution in [0.5, 0.6) is 5.75 Å². The molecule has 2 heterocycles. The van der Waals surface area contributed by atoms with Crippen molar-refractivity contribution in [3.63, 3.8) is 0 Å². The van der Waals surface area contributed by atoms with E-state index in [2.05, 4.69) is 5.10 Å². The number of hydrogen-bond donors (Lipinski definition) is 0. The molecular formula is C17H20ClN3O2. The highest BCUT2D eigenvalue weighted by Gasteiger charge is 2.21. The average molecular weight is 334 g/mol. The number of fused-ring (bicyclic) bond motifs is 1. The van der Waals surface area contributed by atoms with Gasteiger partial charge in [0.25, 0.3) is 5.91 Å². The molecule has 3 rings (SSSR count). The SMILES string of the molecule is Cc1cc(OCC(=O)N2CCCc3c(cnn3C)C2)ccc1Cl. The minimum absolute atomic E-state index is 0.00527. The molecule has 1 aromatic heterocycles. The first-order valence-electron chi connectivity index (χ1n) is 7.71. The predicted octanol–water partition coefficient (Wildman–Crippen LogP) is 2.74. The third-order valence-corrected chi connectivity index (χ3v) is 4.62. The van der Waals surface area contributed by atoms with Crippen LogP contribution in [0.25, 0.3) is 0 Å². The van der Waals surface area contributed by atoms with E-state index in [4.69, 9.17) is 16.3 Å². The van der Waals surface area contributed by atoms with E-state index in [1.165, 1.54) is 5.69 Å². The molecule has 23 heavy (non-hydrogen) atoms. The largest absolute Gasteiger partial charge is 0.484 e. The molecule has 0 radical (unpaired) electrons. The van der Waals surface area contributed by atoms with Crippen LogP contribution in [-0.2, 0) is 24.8 Å². The number of aromatic nitrogens is 2. The van der Waals surface area contributed by atoms with Gasteiger partial charge in [0.2, 0.25) is 0 Å². The number of carbonyl (C=O) groups is 1. The first-order chi connectivity index (χ1) is 11.0. The second-order valence-electron chi connectivity index (χ2n) is 5.86. The van der Waals surface area contributed by atoms with E-state index in [0.717, 1.165) is 30.5 Å². The molecule has 0 bridgehead atoms. The lowest BCUT2D eigenvalue weighted by molar-refractivity contribution is -0.134. The summed E-state index contributed by atoms with van der Waals surface area (Å²) in [6.07, 6.45) is 3.75. The molecule has 122 valence electrons. The van der Waals surface area contributed by atoms with Gasteiger partial charge < -0.3 is 9.64 Å². The topological polar surface area (TPSA) is 47.4 Å². The molecule has 0 atom stereocenters. The fraction of sp³-hybridized carbons (Fsp3) is 0.412. The zero-order valence-corrected chi connectivity index (χ0v) is 14.1. The second-order valence-corrected chi connectivity index (χ2v) is 6.27. The molecule has 6 heteroatoms. The smallest absolute Gasteiger partial charge is 0.260 e. The lowest BCUT2D eigenvalue weighted by Crippen LogP contribution is -2.34. The fourth-order valence-corrected chi connectivity index (χ4v) is 2.96. The monoisotopic (exact) mass is 333 g/mol. The van der Waals surface area contributed by atoms with Crippen molar-refractivity contribution in [2.75, 3.05) is 13.2 Å². The third kappa shape index (κ3) is 3.50. The Bertz CT molecular complexity index is 727. The van der Waals surface area contributed by atoms with E-state index < -0.39 is 0 Å². The third-order valence-electron chi connectivity index (χ3n) is 4.20. The van der Waals surface area contributed by atoms with Gasteiger partial charge >= 0.3 is 0 Å². The number of ether oxygens (including phenoxy) is 1. The van der Waals surface area contributed by atoms with Gasteiger partial charge in [-0.15, -0.1) is 0 Å². The molecule has 0 fully saturated rings. The van der Waals surface area contributed by atoms with Gasteiger partial charge in [-0.3, -0.25) is 9.48 Å². The van der Waals surface area contributed by atoms with Crippen LogP contribution in [0.1, 0.15) is 23.2 Å². The predicted molar refractivity (Wildman–Crippen MR) is 88.6 cm³/mol. The minimum Gasteiger partial charge on any atom is -0.484 e. The van der Waals surface area contributed by atoms with E-state index >= 15 is 0 Å². The summed E-state index contributed by atoms with van der Waals surface area (Å²) in [4.78, 5) is 14.3. The van der Waals surface area contributed by atoms with Gasteiger partial charge in [0, 0.05) is 36.4 Å².